The Kier molecular flexibility index (Phi) is 7.70. The molecule has 0 fully saturated rings. The molecule has 0 saturated carbocycles. The molecule has 0 spiro atoms. The Morgan fingerprint density at radius 1 is 1.06 bits per heavy atom. The Hall–Kier alpha value is -0.850. The van der Waals surface area contributed by atoms with Gasteiger partial charge in [0.2, 0.25) is 0 Å². The van der Waals surface area contributed by atoms with Crippen molar-refractivity contribution in [3.05, 3.63) is 30.1 Å². The van der Waals surface area contributed by atoms with Crippen LogP contribution in [0.2, 0.25) is 0 Å². The van der Waals surface area contributed by atoms with Gasteiger partial charge in [-0.3, -0.25) is 4.98 Å². The van der Waals surface area contributed by atoms with Crippen LogP contribution < -0.4 is 0 Å². The molecule has 0 saturated heterocycles. The van der Waals surface area contributed by atoms with E-state index in [9.17, 15) is 0 Å². The molecule has 1 unspecified atom stereocenters. The molecule has 0 aliphatic rings. The molecule has 0 amide bonds. The van der Waals surface area contributed by atoms with E-state index in [2.05, 4.69) is 31.0 Å². The molecular weight excluding hydrogens is 206 g/mol. The van der Waals surface area contributed by atoms with Gasteiger partial charge in [-0.25, -0.2) is 0 Å². The van der Waals surface area contributed by atoms with Gasteiger partial charge in [0, 0.05) is 12.4 Å². The second-order valence-corrected chi connectivity index (χ2v) is 4.95. The molecular formula is C16H27N. The lowest BCUT2D eigenvalue weighted by Crippen LogP contribution is -1.98. The van der Waals surface area contributed by atoms with E-state index in [4.69, 9.17) is 0 Å². The lowest BCUT2D eigenvalue weighted by molar-refractivity contribution is 0.528. The molecule has 1 heteroatoms. The average molecular weight is 233 g/mol. The van der Waals surface area contributed by atoms with E-state index in [1.807, 2.05) is 12.4 Å². The van der Waals surface area contributed by atoms with E-state index in [0.717, 1.165) is 5.92 Å². The Morgan fingerprint density at radius 3 is 2.47 bits per heavy atom. The summed E-state index contributed by atoms with van der Waals surface area (Å²) in [6, 6.07) is 4.28. The third-order valence-electron chi connectivity index (χ3n) is 3.55. The van der Waals surface area contributed by atoms with Crippen LogP contribution in [0, 0.1) is 0 Å². The second kappa shape index (κ2) is 9.21. The minimum absolute atomic E-state index is 0.717. The summed E-state index contributed by atoms with van der Waals surface area (Å²) in [6.45, 7) is 4.56. The van der Waals surface area contributed by atoms with Crippen molar-refractivity contribution in [3.63, 3.8) is 0 Å². The largest absolute Gasteiger partial charge is 0.264 e. The Morgan fingerprint density at radius 2 is 1.82 bits per heavy atom. The van der Waals surface area contributed by atoms with Crippen molar-refractivity contribution in [2.75, 3.05) is 0 Å². The van der Waals surface area contributed by atoms with Crippen LogP contribution >= 0.6 is 0 Å². The molecule has 96 valence electrons. The quantitative estimate of drug-likeness (QED) is 0.526. The van der Waals surface area contributed by atoms with Crippen molar-refractivity contribution >= 4 is 0 Å². The molecule has 0 radical (unpaired) electrons. The van der Waals surface area contributed by atoms with Gasteiger partial charge in [0.05, 0.1) is 0 Å². The zero-order valence-corrected chi connectivity index (χ0v) is 11.5. The number of hydrogen-bond donors (Lipinski definition) is 0. The van der Waals surface area contributed by atoms with E-state index in [-0.39, 0.29) is 0 Å². The maximum atomic E-state index is 4.22. The fraction of sp³-hybridized carbons (Fsp3) is 0.688. The lowest BCUT2D eigenvalue weighted by Gasteiger charge is -2.14. The molecule has 0 aromatic carbocycles. The van der Waals surface area contributed by atoms with Gasteiger partial charge in [-0.15, -0.1) is 0 Å². The summed E-state index contributed by atoms with van der Waals surface area (Å²) in [4.78, 5) is 4.22. The maximum Gasteiger partial charge on any atom is 0.0302 e. The molecule has 0 N–H and O–H groups in total. The summed E-state index contributed by atoms with van der Waals surface area (Å²) in [5, 5.41) is 0. The van der Waals surface area contributed by atoms with Crippen molar-refractivity contribution in [2.45, 2.75) is 71.1 Å². The maximum absolute atomic E-state index is 4.22. The number of rotatable bonds is 9. The Labute approximate surface area is 107 Å². The molecule has 0 aliphatic carbocycles. The molecule has 1 aromatic rings. The fourth-order valence-corrected chi connectivity index (χ4v) is 2.40. The van der Waals surface area contributed by atoms with Crippen molar-refractivity contribution in [2.24, 2.45) is 0 Å². The first-order valence-corrected chi connectivity index (χ1v) is 7.28. The van der Waals surface area contributed by atoms with Gasteiger partial charge < -0.3 is 0 Å². The third kappa shape index (κ3) is 5.86. The van der Waals surface area contributed by atoms with Crippen molar-refractivity contribution in [1.82, 2.24) is 4.98 Å². The minimum Gasteiger partial charge on any atom is -0.264 e. The summed E-state index contributed by atoms with van der Waals surface area (Å²) < 4.78 is 0. The highest BCUT2D eigenvalue weighted by Crippen LogP contribution is 2.25. The van der Waals surface area contributed by atoms with Crippen molar-refractivity contribution in [1.29, 1.82) is 0 Å². The number of pyridine rings is 1. The van der Waals surface area contributed by atoms with Gasteiger partial charge in [-0.2, -0.15) is 0 Å². The van der Waals surface area contributed by atoms with Crippen molar-refractivity contribution < 1.29 is 0 Å². The first kappa shape index (κ1) is 14.2. The van der Waals surface area contributed by atoms with E-state index < -0.39 is 0 Å². The number of nitrogens with zero attached hydrogens (tertiary/aromatic N) is 1. The zero-order chi connectivity index (χ0) is 12.3. The monoisotopic (exact) mass is 233 g/mol. The third-order valence-corrected chi connectivity index (χ3v) is 3.55. The highest BCUT2D eigenvalue weighted by atomic mass is 14.6. The number of aromatic nitrogens is 1. The van der Waals surface area contributed by atoms with Crippen LogP contribution in [-0.4, -0.2) is 4.98 Å². The molecule has 1 atom stereocenters. The van der Waals surface area contributed by atoms with Crippen LogP contribution in [0.3, 0.4) is 0 Å². The molecule has 1 nitrogen and oxygen atoms in total. The van der Waals surface area contributed by atoms with Gasteiger partial charge in [0.15, 0.2) is 0 Å². The standard InChI is InChI=1S/C16H27N/c1-3-5-6-7-8-9-11-15(4-2)16-12-10-13-17-14-16/h10,12-15H,3-9,11H2,1-2H3. The Balaban J connectivity index is 2.20. The van der Waals surface area contributed by atoms with Crippen LogP contribution in [0.25, 0.3) is 0 Å². The summed E-state index contributed by atoms with van der Waals surface area (Å²) >= 11 is 0. The smallest absolute Gasteiger partial charge is 0.0302 e. The highest BCUT2D eigenvalue weighted by molar-refractivity contribution is 5.14. The summed E-state index contributed by atoms with van der Waals surface area (Å²) in [6.07, 6.45) is 14.8. The van der Waals surface area contributed by atoms with Gasteiger partial charge >= 0.3 is 0 Å². The lowest BCUT2D eigenvalue weighted by atomic mass is 9.92. The minimum atomic E-state index is 0.717. The van der Waals surface area contributed by atoms with Gasteiger partial charge in [0.25, 0.3) is 0 Å². The zero-order valence-electron chi connectivity index (χ0n) is 11.5. The molecule has 1 rings (SSSR count). The predicted octanol–water partition coefficient (Wildman–Crippen LogP) is 5.33. The van der Waals surface area contributed by atoms with Gasteiger partial charge in [0.1, 0.15) is 0 Å². The molecule has 1 aromatic heterocycles. The van der Waals surface area contributed by atoms with Crippen LogP contribution in [0.15, 0.2) is 24.5 Å². The molecule has 0 aliphatic heterocycles. The second-order valence-electron chi connectivity index (χ2n) is 4.95. The SMILES string of the molecule is CCCCCCCCC(CC)c1cccnc1. The van der Waals surface area contributed by atoms with E-state index in [1.165, 1.54) is 56.9 Å². The van der Waals surface area contributed by atoms with Crippen molar-refractivity contribution in [3.8, 4) is 0 Å². The predicted molar refractivity (Wildman–Crippen MR) is 75.3 cm³/mol. The first-order chi connectivity index (χ1) is 8.38. The van der Waals surface area contributed by atoms with Crippen LogP contribution in [0.4, 0.5) is 0 Å². The molecule has 1 heterocycles. The normalized spacial score (nSPS) is 12.6. The van der Waals surface area contributed by atoms with Crippen LogP contribution in [0.1, 0.15) is 76.7 Å². The first-order valence-electron chi connectivity index (χ1n) is 7.28. The summed E-state index contributed by atoms with van der Waals surface area (Å²) in [5.41, 5.74) is 1.42. The fourth-order valence-electron chi connectivity index (χ4n) is 2.40. The average Bonchev–Trinajstić information content (AvgIpc) is 2.39. The molecule has 17 heavy (non-hydrogen) atoms. The number of unbranched alkanes of at least 4 members (excludes halogenated alkanes) is 5. The van der Waals surface area contributed by atoms with Crippen LogP contribution in [0.5, 0.6) is 0 Å². The highest BCUT2D eigenvalue weighted by Gasteiger charge is 2.08. The van der Waals surface area contributed by atoms with Crippen LogP contribution in [-0.2, 0) is 0 Å². The summed E-state index contributed by atoms with van der Waals surface area (Å²) in [7, 11) is 0. The molecule has 0 bridgehead atoms. The van der Waals surface area contributed by atoms with Gasteiger partial charge in [-0.1, -0.05) is 58.4 Å². The number of hydrogen-bond acceptors (Lipinski definition) is 1. The topological polar surface area (TPSA) is 12.9 Å². The summed E-state index contributed by atoms with van der Waals surface area (Å²) in [5.74, 6) is 0.717. The Bertz CT molecular complexity index is 268. The van der Waals surface area contributed by atoms with Gasteiger partial charge in [-0.05, 0) is 30.4 Å². The van der Waals surface area contributed by atoms with E-state index >= 15 is 0 Å². The van der Waals surface area contributed by atoms with E-state index in [0.29, 0.717) is 0 Å². The van der Waals surface area contributed by atoms with E-state index in [1.54, 1.807) is 0 Å².